The van der Waals surface area contributed by atoms with Gasteiger partial charge < -0.3 is 15.5 Å². The average Bonchev–Trinajstić information content (AvgIpc) is 2.78. The predicted octanol–water partition coefficient (Wildman–Crippen LogP) is 1.99. The number of nitrogens with one attached hydrogen (secondary N) is 2. The second-order valence-corrected chi connectivity index (χ2v) is 4.69. The molecular formula is C15H15N3O2. The molecule has 2 aromatic carbocycles. The Hall–Kier alpha value is -2.53. The zero-order chi connectivity index (χ0) is 13.9. The molecule has 0 bridgehead atoms. The number of rotatable bonds is 4. The van der Waals surface area contributed by atoms with Gasteiger partial charge in [0.2, 0.25) is 0 Å². The number of fused-ring (bicyclic) bond motifs is 1. The molecule has 1 aromatic heterocycles. The Bertz CT molecular complexity index is 789. The van der Waals surface area contributed by atoms with E-state index in [0.29, 0.717) is 12.1 Å². The third-order valence-electron chi connectivity index (χ3n) is 3.09. The standard InChI is InChI=1S/C15H15N3O2/c16-12-3-1-2-10(6-12)8-17-9-11-4-5-13-14(7-11)20-15(19)18-13/h1-7,17H,8-9,16H2,(H,18,19). The van der Waals surface area contributed by atoms with Gasteiger partial charge in [-0.15, -0.1) is 0 Å². The van der Waals surface area contributed by atoms with E-state index >= 15 is 0 Å². The molecule has 0 atom stereocenters. The monoisotopic (exact) mass is 269 g/mol. The maximum absolute atomic E-state index is 11.1. The summed E-state index contributed by atoms with van der Waals surface area (Å²) in [4.78, 5) is 13.7. The van der Waals surface area contributed by atoms with Crippen molar-refractivity contribution in [2.75, 3.05) is 5.73 Å². The lowest BCUT2D eigenvalue weighted by Gasteiger charge is -2.05. The molecule has 20 heavy (non-hydrogen) atoms. The van der Waals surface area contributed by atoms with Crippen molar-refractivity contribution in [3.63, 3.8) is 0 Å². The van der Waals surface area contributed by atoms with E-state index in [2.05, 4.69) is 10.3 Å². The Balaban J connectivity index is 1.66. The van der Waals surface area contributed by atoms with E-state index in [1.165, 1.54) is 0 Å². The maximum Gasteiger partial charge on any atom is 0.417 e. The molecule has 0 unspecified atom stereocenters. The molecular weight excluding hydrogens is 254 g/mol. The highest BCUT2D eigenvalue weighted by atomic mass is 16.4. The zero-order valence-corrected chi connectivity index (χ0v) is 10.8. The highest BCUT2D eigenvalue weighted by molar-refractivity contribution is 5.72. The van der Waals surface area contributed by atoms with Crippen molar-refractivity contribution < 1.29 is 4.42 Å². The van der Waals surface area contributed by atoms with Gasteiger partial charge in [0.15, 0.2) is 5.58 Å². The maximum atomic E-state index is 11.1. The Labute approximate surface area is 115 Å². The summed E-state index contributed by atoms with van der Waals surface area (Å²) < 4.78 is 5.03. The van der Waals surface area contributed by atoms with Crippen molar-refractivity contribution >= 4 is 16.8 Å². The third-order valence-corrected chi connectivity index (χ3v) is 3.09. The second-order valence-electron chi connectivity index (χ2n) is 4.69. The lowest BCUT2D eigenvalue weighted by atomic mass is 10.2. The van der Waals surface area contributed by atoms with E-state index in [0.717, 1.165) is 28.9 Å². The van der Waals surface area contributed by atoms with Crippen molar-refractivity contribution in [3.05, 3.63) is 64.1 Å². The van der Waals surface area contributed by atoms with E-state index in [1.807, 2.05) is 42.5 Å². The van der Waals surface area contributed by atoms with Gasteiger partial charge in [0.1, 0.15) is 0 Å². The Morgan fingerprint density at radius 3 is 2.70 bits per heavy atom. The largest absolute Gasteiger partial charge is 0.417 e. The number of aromatic nitrogens is 1. The molecule has 102 valence electrons. The van der Waals surface area contributed by atoms with Crippen LogP contribution in [0.1, 0.15) is 11.1 Å². The summed E-state index contributed by atoms with van der Waals surface area (Å²) in [5.41, 5.74) is 9.99. The molecule has 0 aliphatic rings. The van der Waals surface area contributed by atoms with E-state index < -0.39 is 5.76 Å². The van der Waals surface area contributed by atoms with Crippen LogP contribution in [0, 0.1) is 0 Å². The molecule has 1 heterocycles. The van der Waals surface area contributed by atoms with E-state index in [-0.39, 0.29) is 0 Å². The first-order chi connectivity index (χ1) is 9.70. The number of nitrogens with two attached hydrogens (primary N) is 1. The van der Waals surface area contributed by atoms with E-state index in [4.69, 9.17) is 10.2 Å². The normalized spacial score (nSPS) is 11.0. The molecule has 5 nitrogen and oxygen atoms in total. The van der Waals surface area contributed by atoms with Gasteiger partial charge in [0.25, 0.3) is 0 Å². The number of anilines is 1. The summed E-state index contributed by atoms with van der Waals surface area (Å²) in [6.45, 7) is 1.43. The van der Waals surface area contributed by atoms with Gasteiger partial charge in [-0.1, -0.05) is 18.2 Å². The highest BCUT2D eigenvalue weighted by Gasteiger charge is 2.02. The first-order valence-electron chi connectivity index (χ1n) is 6.37. The smallest absolute Gasteiger partial charge is 0.408 e. The number of H-pyrrole nitrogens is 1. The Kier molecular flexibility index (Phi) is 3.26. The molecule has 5 heteroatoms. The van der Waals surface area contributed by atoms with Crippen LogP contribution in [0.15, 0.2) is 51.7 Å². The second kappa shape index (κ2) is 5.22. The van der Waals surface area contributed by atoms with Crippen LogP contribution in [0.25, 0.3) is 11.1 Å². The van der Waals surface area contributed by atoms with Crippen LogP contribution >= 0.6 is 0 Å². The number of oxazole rings is 1. The Morgan fingerprint density at radius 2 is 1.90 bits per heavy atom. The lowest BCUT2D eigenvalue weighted by molar-refractivity contribution is 0.554. The number of hydrogen-bond acceptors (Lipinski definition) is 4. The Morgan fingerprint density at radius 1 is 1.10 bits per heavy atom. The summed E-state index contributed by atoms with van der Waals surface area (Å²) in [6.07, 6.45) is 0. The third kappa shape index (κ3) is 2.73. The van der Waals surface area contributed by atoms with E-state index in [9.17, 15) is 4.79 Å². The first kappa shape index (κ1) is 12.5. The number of aromatic amines is 1. The molecule has 0 fully saturated rings. The van der Waals surface area contributed by atoms with Crippen molar-refractivity contribution in [1.82, 2.24) is 10.3 Å². The number of nitrogen functional groups attached to an aromatic ring is 1. The number of benzene rings is 2. The number of hydrogen-bond donors (Lipinski definition) is 3. The van der Waals surface area contributed by atoms with Crippen LogP contribution in [0.3, 0.4) is 0 Å². The van der Waals surface area contributed by atoms with Gasteiger partial charge >= 0.3 is 5.76 Å². The van der Waals surface area contributed by atoms with Gasteiger partial charge in [0, 0.05) is 18.8 Å². The molecule has 0 amide bonds. The van der Waals surface area contributed by atoms with Gasteiger partial charge in [0.05, 0.1) is 5.52 Å². The van der Waals surface area contributed by atoms with Crippen molar-refractivity contribution in [2.45, 2.75) is 13.1 Å². The molecule has 0 aliphatic heterocycles. The van der Waals surface area contributed by atoms with Gasteiger partial charge in [-0.2, -0.15) is 0 Å². The van der Waals surface area contributed by atoms with Crippen LogP contribution in [-0.4, -0.2) is 4.98 Å². The molecule has 0 saturated heterocycles. The van der Waals surface area contributed by atoms with Crippen LogP contribution in [0.2, 0.25) is 0 Å². The summed E-state index contributed by atoms with van der Waals surface area (Å²) in [7, 11) is 0. The minimum absolute atomic E-state index is 0.426. The van der Waals surface area contributed by atoms with Gasteiger partial charge in [-0.25, -0.2) is 4.79 Å². The molecule has 0 radical (unpaired) electrons. The van der Waals surface area contributed by atoms with Crippen LogP contribution in [-0.2, 0) is 13.1 Å². The molecule has 3 rings (SSSR count). The van der Waals surface area contributed by atoms with Crippen molar-refractivity contribution in [1.29, 1.82) is 0 Å². The lowest BCUT2D eigenvalue weighted by Crippen LogP contribution is -2.12. The fraction of sp³-hybridized carbons (Fsp3) is 0.133. The molecule has 0 saturated carbocycles. The quantitative estimate of drug-likeness (QED) is 0.632. The molecule has 4 N–H and O–H groups in total. The first-order valence-corrected chi connectivity index (χ1v) is 6.37. The van der Waals surface area contributed by atoms with Crippen LogP contribution < -0.4 is 16.8 Å². The van der Waals surface area contributed by atoms with E-state index in [1.54, 1.807) is 0 Å². The van der Waals surface area contributed by atoms with Gasteiger partial charge in [-0.05, 0) is 35.4 Å². The zero-order valence-electron chi connectivity index (χ0n) is 10.8. The summed E-state index contributed by atoms with van der Waals surface area (Å²) in [6, 6.07) is 13.4. The van der Waals surface area contributed by atoms with Gasteiger partial charge in [-0.3, -0.25) is 4.98 Å². The summed E-state index contributed by atoms with van der Waals surface area (Å²) in [5, 5.41) is 3.33. The highest BCUT2D eigenvalue weighted by Crippen LogP contribution is 2.12. The molecule has 0 aliphatic carbocycles. The summed E-state index contributed by atoms with van der Waals surface area (Å²) in [5.74, 6) is -0.426. The van der Waals surface area contributed by atoms with Crippen molar-refractivity contribution in [2.24, 2.45) is 0 Å². The average molecular weight is 269 g/mol. The minimum atomic E-state index is -0.426. The SMILES string of the molecule is Nc1cccc(CNCc2ccc3[nH]c(=O)oc3c2)c1. The molecule has 0 spiro atoms. The topological polar surface area (TPSA) is 84.0 Å². The fourth-order valence-corrected chi connectivity index (χ4v) is 2.15. The minimum Gasteiger partial charge on any atom is -0.408 e. The van der Waals surface area contributed by atoms with Crippen molar-refractivity contribution in [3.8, 4) is 0 Å². The molecule has 3 aromatic rings. The fourth-order valence-electron chi connectivity index (χ4n) is 2.15. The van der Waals surface area contributed by atoms with Crippen LogP contribution in [0.4, 0.5) is 5.69 Å². The summed E-state index contributed by atoms with van der Waals surface area (Å²) >= 11 is 0. The van der Waals surface area contributed by atoms with Crippen LogP contribution in [0.5, 0.6) is 0 Å². The predicted molar refractivity (Wildman–Crippen MR) is 78.2 cm³/mol.